The van der Waals surface area contributed by atoms with Gasteiger partial charge in [-0.2, -0.15) is 17.6 Å². The highest BCUT2D eigenvalue weighted by Crippen LogP contribution is 2.39. The van der Waals surface area contributed by atoms with Gasteiger partial charge in [0, 0.05) is 17.7 Å². The third-order valence-electron chi connectivity index (χ3n) is 5.73. The van der Waals surface area contributed by atoms with Crippen molar-refractivity contribution in [2.75, 3.05) is 6.61 Å². The summed E-state index contributed by atoms with van der Waals surface area (Å²) < 4.78 is 111. The molecule has 1 aliphatic carbocycles. The minimum Gasteiger partial charge on any atom is -0.430 e. The largest absolute Gasteiger partial charge is 0.430 e. The van der Waals surface area contributed by atoms with Crippen molar-refractivity contribution in [1.29, 1.82) is 0 Å². The van der Waals surface area contributed by atoms with Crippen LogP contribution in [0.4, 0.5) is 30.7 Å². The summed E-state index contributed by atoms with van der Waals surface area (Å²) in [4.78, 5) is 0. The van der Waals surface area contributed by atoms with E-state index < -0.39 is 60.7 Å². The van der Waals surface area contributed by atoms with Crippen molar-refractivity contribution in [3.05, 3.63) is 41.2 Å². The molecule has 1 saturated heterocycles. The van der Waals surface area contributed by atoms with E-state index in [0.29, 0.717) is 18.8 Å². The molecule has 0 N–H and O–H groups in total. The van der Waals surface area contributed by atoms with Crippen molar-refractivity contribution in [3.63, 3.8) is 0 Å². The molecule has 0 spiro atoms. The minimum absolute atomic E-state index is 0.110. The summed E-state index contributed by atoms with van der Waals surface area (Å²) in [5.41, 5.74) is -0.110. The minimum atomic E-state index is -4.02. The lowest BCUT2D eigenvalue weighted by atomic mass is 9.86. The molecule has 1 aromatic carbocycles. The molecule has 1 fully saturated rings. The van der Waals surface area contributed by atoms with E-state index in [2.05, 4.69) is 4.74 Å². The van der Waals surface area contributed by atoms with Gasteiger partial charge in [0.1, 0.15) is 5.75 Å². The van der Waals surface area contributed by atoms with Crippen LogP contribution in [0.1, 0.15) is 51.9 Å². The second-order valence-electron chi connectivity index (χ2n) is 8.18. The summed E-state index contributed by atoms with van der Waals surface area (Å²) >= 11 is 0. The second-order valence-corrected chi connectivity index (χ2v) is 8.18. The molecule has 0 bridgehead atoms. The van der Waals surface area contributed by atoms with Crippen LogP contribution >= 0.6 is 0 Å². The highest BCUT2D eigenvalue weighted by molar-refractivity contribution is 5.25. The third-order valence-corrected chi connectivity index (χ3v) is 5.73. The van der Waals surface area contributed by atoms with E-state index in [4.69, 9.17) is 9.47 Å². The van der Waals surface area contributed by atoms with Crippen molar-refractivity contribution >= 4 is 0 Å². The molecule has 180 valence electrons. The lowest BCUT2D eigenvalue weighted by molar-refractivity contribution is -0.295. The van der Waals surface area contributed by atoms with Gasteiger partial charge in [0.15, 0.2) is 23.6 Å². The molecule has 3 rings (SSSR count). The SMILES string of the molecule is CCCC1CC=C(C(F)(F)OC2CCC(C(F)(F)Oc3cc(F)c(F)c(F)c3)OC2)CC1. The lowest BCUT2D eigenvalue weighted by Crippen LogP contribution is -2.47. The van der Waals surface area contributed by atoms with E-state index in [1.807, 2.05) is 6.92 Å². The Kier molecular flexibility index (Phi) is 7.75. The van der Waals surface area contributed by atoms with Crippen molar-refractivity contribution < 1.29 is 44.9 Å². The summed E-state index contributed by atoms with van der Waals surface area (Å²) in [6.45, 7) is 1.51. The van der Waals surface area contributed by atoms with E-state index in [0.717, 1.165) is 12.8 Å². The van der Waals surface area contributed by atoms with Crippen LogP contribution in [0, 0.1) is 23.4 Å². The number of benzene rings is 1. The molecule has 1 heterocycles. The molecule has 0 saturated carbocycles. The summed E-state index contributed by atoms with van der Waals surface area (Å²) in [5.74, 6) is -5.73. The molecule has 32 heavy (non-hydrogen) atoms. The number of hydrogen-bond acceptors (Lipinski definition) is 3. The van der Waals surface area contributed by atoms with Gasteiger partial charge in [0.05, 0.1) is 12.7 Å². The zero-order valence-electron chi connectivity index (χ0n) is 17.5. The standard InChI is InChI=1S/C22H25F7O3/c1-2-3-13-4-6-14(7-5-13)21(26,27)31-15-8-9-19(30-12-15)22(28,29)32-16-10-17(23)20(25)18(24)11-16/h6,10-11,13,15,19H,2-5,7-9,12H2,1H3. The molecule has 10 heteroatoms. The third kappa shape index (κ3) is 5.95. The van der Waals surface area contributed by atoms with Gasteiger partial charge >= 0.3 is 12.2 Å². The molecule has 2 aliphatic rings. The monoisotopic (exact) mass is 470 g/mol. The van der Waals surface area contributed by atoms with E-state index in [-0.39, 0.29) is 30.5 Å². The normalized spacial score (nSPS) is 24.9. The van der Waals surface area contributed by atoms with Crippen LogP contribution in [-0.2, 0) is 9.47 Å². The first-order valence-electron chi connectivity index (χ1n) is 10.6. The molecular weight excluding hydrogens is 445 g/mol. The molecule has 0 amide bonds. The van der Waals surface area contributed by atoms with Crippen molar-refractivity contribution in [2.24, 2.45) is 5.92 Å². The van der Waals surface area contributed by atoms with Gasteiger partial charge in [-0.1, -0.05) is 25.8 Å². The Morgan fingerprint density at radius 3 is 2.25 bits per heavy atom. The van der Waals surface area contributed by atoms with Crippen LogP contribution in [0.15, 0.2) is 23.8 Å². The van der Waals surface area contributed by atoms with Crippen molar-refractivity contribution in [2.45, 2.75) is 76.3 Å². The van der Waals surface area contributed by atoms with Crippen molar-refractivity contribution in [3.8, 4) is 5.75 Å². The Balaban J connectivity index is 1.54. The number of allylic oxidation sites excluding steroid dienone is 1. The first kappa shape index (κ1) is 24.8. The molecule has 0 radical (unpaired) electrons. The fourth-order valence-electron chi connectivity index (χ4n) is 4.01. The van der Waals surface area contributed by atoms with Gasteiger partial charge in [0.2, 0.25) is 0 Å². The maximum atomic E-state index is 14.5. The van der Waals surface area contributed by atoms with Crippen LogP contribution in [-0.4, -0.2) is 31.0 Å². The Morgan fingerprint density at radius 2 is 1.72 bits per heavy atom. The van der Waals surface area contributed by atoms with Gasteiger partial charge in [-0.3, -0.25) is 0 Å². The van der Waals surface area contributed by atoms with Gasteiger partial charge in [-0.05, 0) is 38.0 Å². The Morgan fingerprint density at radius 1 is 1.03 bits per heavy atom. The van der Waals surface area contributed by atoms with Crippen LogP contribution < -0.4 is 4.74 Å². The Labute approximate surface area is 181 Å². The average molecular weight is 470 g/mol. The molecule has 3 atom stereocenters. The molecule has 3 nitrogen and oxygen atoms in total. The first-order valence-corrected chi connectivity index (χ1v) is 10.6. The Hall–Kier alpha value is -1.81. The van der Waals surface area contributed by atoms with Crippen LogP contribution in [0.3, 0.4) is 0 Å². The first-order chi connectivity index (χ1) is 15.0. The number of alkyl halides is 4. The molecular formula is C22H25F7O3. The lowest BCUT2D eigenvalue weighted by Gasteiger charge is -2.35. The molecule has 0 aromatic heterocycles. The van der Waals surface area contributed by atoms with Gasteiger partial charge in [0.25, 0.3) is 0 Å². The fraction of sp³-hybridized carbons (Fsp3) is 0.636. The quantitative estimate of drug-likeness (QED) is 0.239. The zero-order valence-corrected chi connectivity index (χ0v) is 17.5. The highest BCUT2D eigenvalue weighted by atomic mass is 19.3. The Bertz CT molecular complexity index is 797. The molecule has 1 aromatic rings. The summed E-state index contributed by atoms with van der Waals surface area (Å²) in [5, 5.41) is 0. The smallest absolute Gasteiger partial charge is 0.424 e. The summed E-state index contributed by atoms with van der Waals surface area (Å²) in [7, 11) is 0. The van der Waals surface area contributed by atoms with Gasteiger partial charge in [-0.15, -0.1) is 0 Å². The van der Waals surface area contributed by atoms with Gasteiger partial charge < -0.3 is 14.2 Å². The number of rotatable bonds is 8. The van der Waals surface area contributed by atoms with E-state index >= 15 is 0 Å². The van der Waals surface area contributed by atoms with Crippen molar-refractivity contribution in [1.82, 2.24) is 0 Å². The highest BCUT2D eigenvalue weighted by Gasteiger charge is 2.48. The second kappa shape index (κ2) is 9.99. The van der Waals surface area contributed by atoms with Crippen LogP contribution in [0.2, 0.25) is 0 Å². The van der Waals surface area contributed by atoms with Crippen LogP contribution in [0.5, 0.6) is 5.75 Å². The maximum Gasteiger partial charge on any atom is 0.424 e. The molecule has 3 unspecified atom stereocenters. The maximum absolute atomic E-state index is 14.5. The van der Waals surface area contributed by atoms with Crippen LogP contribution in [0.25, 0.3) is 0 Å². The van der Waals surface area contributed by atoms with Gasteiger partial charge in [-0.25, -0.2) is 13.2 Å². The summed E-state index contributed by atoms with van der Waals surface area (Å²) in [6.07, 6.45) is -6.16. The number of ether oxygens (including phenoxy) is 3. The average Bonchev–Trinajstić information content (AvgIpc) is 2.72. The van der Waals surface area contributed by atoms with E-state index in [9.17, 15) is 30.7 Å². The zero-order chi connectivity index (χ0) is 23.5. The van der Waals surface area contributed by atoms with E-state index in [1.165, 1.54) is 6.08 Å². The molecule has 1 aliphatic heterocycles. The predicted molar refractivity (Wildman–Crippen MR) is 101 cm³/mol. The number of halogens is 7. The summed E-state index contributed by atoms with van der Waals surface area (Å²) in [6, 6.07) is 0.565. The number of hydrogen-bond donors (Lipinski definition) is 0. The van der Waals surface area contributed by atoms with E-state index in [1.54, 1.807) is 0 Å². The fourth-order valence-corrected chi connectivity index (χ4v) is 4.01. The topological polar surface area (TPSA) is 27.7 Å². The predicted octanol–water partition coefficient (Wildman–Crippen LogP) is 6.76.